The maximum atomic E-state index is 4.12. The summed E-state index contributed by atoms with van der Waals surface area (Å²) in [7, 11) is 0. The predicted octanol–water partition coefficient (Wildman–Crippen LogP) is 3.37. The van der Waals surface area contributed by atoms with Crippen molar-refractivity contribution in [2.24, 2.45) is 5.41 Å². The summed E-state index contributed by atoms with van der Waals surface area (Å²) >= 11 is 0. The Labute approximate surface area is 103 Å². The van der Waals surface area contributed by atoms with Crippen molar-refractivity contribution in [2.75, 3.05) is 6.54 Å². The highest BCUT2D eigenvalue weighted by molar-refractivity contribution is 5.81. The largest absolute Gasteiger partial charge is 0.312 e. The normalized spacial score (nSPS) is 11.9. The highest BCUT2D eigenvalue weighted by atomic mass is 14.9. The first-order chi connectivity index (χ1) is 8.04. The van der Waals surface area contributed by atoms with Crippen molar-refractivity contribution in [3.05, 3.63) is 42.2 Å². The maximum absolute atomic E-state index is 4.12. The van der Waals surface area contributed by atoms with Gasteiger partial charge in [0.25, 0.3) is 0 Å². The molecule has 2 aromatic rings. The Hall–Kier alpha value is -1.41. The molecule has 2 heteroatoms. The molecule has 1 aromatic heterocycles. The van der Waals surface area contributed by atoms with E-state index in [1.807, 2.05) is 12.4 Å². The van der Waals surface area contributed by atoms with Crippen molar-refractivity contribution in [2.45, 2.75) is 27.3 Å². The van der Waals surface area contributed by atoms with Gasteiger partial charge in [-0.05, 0) is 28.5 Å². The molecule has 0 unspecified atom stereocenters. The number of rotatable bonds is 3. The molecule has 0 aliphatic heterocycles. The molecule has 2 nitrogen and oxygen atoms in total. The molecule has 1 aromatic carbocycles. The van der Waals surface area contributed by atoms with Crippen LogP contribution in [0.25, 0.3) is 10.8 Å². The second-order valence-electron chi connectivity index (χ2n) is 5.72. The highest BCUT2D eigenvalue weighted by Gasteiger charge is 2.08. The number of fused-ring (bicyclic) bond motifs is 1. The third-order valence-electron chi connectivity index (χ3n) is 2.69. The molecular weight excluding hydrogens is 208 g/mol. The fraction of sp³-hybridized carbons (Fsp3) is 0.400. The Bertz CT molecular complexity index is 497. The van der Waals surface area contributed by atoms with E-state index in [1.54, 1.807) is 0 Å². The molecule has 90 valence electrons. The summed E-state index contributed by atoms with van der Waals surface area (Å²) in [5, 5.41) is 5.95. The fourth-order valence-corrected chi connectivity index (χ4v) is 1.82. The van der Waals surface area contributed by atoms with E-state index in [9.17, 15) is 0 Å². The van der Waals surface area contributed by atoms with Crippen LogP contribution in [-0.4, -0.2) is 11.5 Å². The van der Waals surface area contributed by atoms with E-state index in [0.717, 1.165) is 13.1 Å². The standard InChI is InChI=1S/C15H20N2/c1-15(2,3)11-17-9-12-4-5-14-10-16-7-6-13(14)8-12/h4-8,10,17H,9,11H2,1-3H3. The molecule has 0 bridgehead atoms. The molecule has 0 aliphatic carbocycles. The van der Waals surface area contributed by atoms with Crippen LogP contribution in [0, 0.1) is 5.41 Å². The summed E-state index contributed by atoms with van der Waals surface area (Å²) in [6.45, 7) is 8.68. The zero-order valence-electron chi connectivity index (χ0n) is 10.8. The number of aromatic nitrogens is 1. The van der Waals surface area contributed by atoms with Gasteiger partial charge in [-0.3, -0.25) is 4.98 Å². The summed E-state index contributed by atoms with van der Waals surface area (Å²) < 4.78 is 0. The van der Waals surface area contributed by atoms with Crippen molar-refractivity contribution in [3.8, 4) is 0 Å². The van der Waals surface area contributed by atoms with Gasteiger partial charge in [-0.25, -0.2) is 0 Å². The first-order valence-corrected chi connectivity index (χ1v) is 6.08. The number of hydrogen-bond acceptors (Lipinski definition) is 2. The van der Waals surface area contributed by atoms with Crippen LogP contribution < -0.4 is 5.32 Å². The van der Waals surface area contributed by atoms with Crippen molar-refractivity contribution in [3.63, 3.8) is 0 Å². The third kappa shape index (κ3) is 3.53. The zero-order valence-corrected chi connectivity index (χ0v) is 10.8. The first-order valence-electron chi connectivity index (χ1n) is 6.08. The van der Waals surface area contributed by atoms with E-state index < -0.39 is 0 Å². The molecule has 0 atom stereocenters. The van der Waals surface area contributed by atoms with Crippen LogP contribution in [0.5, 0.6) is 0 Å². The smallest absolute Gasteiger partial charge is 0.0346 e. The van der Waals surface area contributed by atoms with Gasteiger partial charge in [0, 0.05) is 30.9 Å². The lowest BCUT2D eigenvalue weighted by atomic mass is 9.97. The van der Waals surface area contributed by atoms with Gasteiger partial charge in [-0.15, -0.1) is 0 Å². The Balaban J connectivity index is 2.04. The average Bonchev–Trinajstić information content (AvgIpc) is 2.27. The molecular formula is C15H20N2. The average molecular weight is 228 g/mol. The van der Waals surface area contributed by atoms with Gasteiger partial charge in [0.15, 0.2) is 0 Å². The van der Waals surface area contributed by atoms with Gasteiger partial charge in [0.1, 0.15) is 0 Å². The molecule has 1 heterocycles. The van der Waals surface area contributed by atoms with E-state index in [0.29, 0.717) is 5.41 Å². The maximum Gasteiger partial charge on any atom is 0.0346 e. The van der Waals surface area contributed by atoms with Gasteiger partial charge in [-0.1, -0.05) is 32.9 Å². The minimum absolute atomic E-state index is 0.334. The number of nitrogens with one attached hydrogen (secondary N) is 1. The van der Waals surface area contributed by atoms with E-state index in [2.05, 4.69) is 55.3 Å². The molecule has 0 saturated carbocycles. The molecule has 17 heavy (non-hydrogen) atoms. The Morgan fingerprint density at radius 3 is 2.71 bits per heavy atom. The molecule has 0 amide bonds. The molecule has 0 fully saturated rings. The lowest BCUT2D eigenvalue weighted by Crippen LogP contribution is -2.26. The van der Waals surface area contributed by atoms with Crippen LogP contribution >= 0.6 is 0 Å². The minimum atomic E-state index is 0.334. The van der Waals surface area contributed by atoms with E-state index >= 15 is 0 Å². The first kappa shape index (κ1) is 12.1. The highest BCUT2D eigenvalue weighted by Crippen LogP contribution is 2.15. The van der Waals surface area contributed by atoms with Crippen molar-refractivity contribution in [1.29, 1.82) is 0 Å². The Morgan fingerprint density at radius 1 is 1.12 bits per heavy atom. The predicted molar refractivity (Wildman–Crippen MR) is 72.9 cm³/mol. The number of hydrogen-bond donors (Lipinski definition) is 1. The molecule has 0 saturated heterocycles. The Morgan fingerprint density at radius 2 is 1.94 bits per heavy atom. The summed E-state index contributed by atoms with van der Waals surface area (Å²) in [5.41, 5.74) is 1.66. The van der Waals surface area contributed by atoms with Crippen molar-refractivity contribution < 1.29 is 0 Å². The monoisotopic (exact) mass is 228 g/mol. The lowest BCUT2D eigenvalue weighted by molar-refractivity contribution is 0.379. The van der Waals surface area contributed by atoms with E-state index in [-0.39, 0.29) is 0 Å². The number of pyridine rings is 1. The minimum Gasteiger partial charge on any atom is -0.312 e. The molecule has 0 radical (unpaired) electrons. The van der Waals surface area contributed by atoms with E-state index in [4.69, 9.17) is 0 Å². The zero-order chi connectivity index (χ0) is 12.3. The molecule has 2 rings (SSSR count). The van der Waals surface area contributed by atoms with Crippen LogP contribution in [0.1, 0.15) is 26.3 Å². The molecule has 1 N–H and O–H groups in total. The van der Waals surface area contributed by atoms with E-state index in [1.165, 1.54) is 16.3 Å². The Kier molecular flexibility index (Phi) is 3.43. The lowest BCUT2D eigenvalue weighted by Gasteiger charge is -2.18. The second kappa shape index (κ2) is 4.84. The van der Waals surface area contributed by atoms with Gasteiger partial charge >= 0.3 is 0 Å². The van der Waals surface area contributed by atoms with Crippen LogP contribution in [0.3, 0.4) is 0 Å². The topological polar surface area (TPSA) is 24.9 Å². The number of benzene rings is 1. The van der Waals surface area contributed by atoms with Gasteiger partial charge in [0.2, 0.25) is 0 Å². The summed E-state index contributed by atoms with van der Waals surface area (Å²) in [6, 6.07) is 8.59. The summed E-state index contributed by atoms with van der Waals surface area (Å²) in [5.74, 6) is 0. The van der Waals surface area contributed by atoms with Crippen LogP contribution in [0.4, 0.5) is 0 Å². The molecule has 0 aliphatic rings. The summed E-state index contributed by atoms with van der Waals surface area (Å²) in [4.78, 5) is 4.12. The quantitative estimate of drug-likeness (QED) is 0.871. The van der Waals surface area contributed by atoms with Gasteiger partial charge < -0.3 is 5.32 Å². The second-order valence-corrected chi connectivity index (χ2v) is 5.72. The van der Waals surface area contributed by atoms with Gasteiger partial charge in [0.05, 0.1) is 0 Å². The van der Waals surface area contributed by atoms with Crippen molar-refractivity contribution in [1.82, 2.24) is 10.3 Å². The third-order valence-corrected chi connectivity index (χ3v) is 2.69. The van der Waals surface area contributed by atoms with Crippen LogP contribution in [0.15, 0.2) is 36.7 Å². The van der Waals surface area contributed by atoms with Crippen molar-refractivity contribution >= 4 is 10.8 Å². The number of nitrogens with zero attached hydrogens (tertiary/aromatic N) is 1. The SMILES string of the molecule is CC(C)(C)CNCc1ccc2cnccc2c1. The molecule has 0 spiro atoms. The van der Waals surface area contributed by atoms with Crippen LogP contribution in [-0.2, 0) is 6.54 Å². The fourth-order valence-electron chi connectivity index (χ4n) is 1.82. The van der Waals surface area contributed by atoms with Gasteiger partial charge in [-0.2, -0.15) is 0 Å². The summed E-state index contributed by atoms with van der Waals surface area (Å²) in [6.07, 6.45) is 3.75. The van der Waals surface area contributed by atoms with Crippen LogP contribution in [0.2, 0.25) is 0 Å².